The lowest BCUT2D eigenvalue weighted by atomic mass is 10.1. The van der Waals surface area contributed by atoms with Crippen LogP contribution in [0, 0.1) is 11.3 Å². The number of carboxylic acid groups (broad SMARTS) is 1. The molecule has 0 heterocycles. The Morgan fingerprint density at radius 2 is 1.92 bits per heavy atom. The van der Waals surface area contributed by atoms with Gasteiger partial charge < -0.3 is 9.84 Å². The summed E-state index contributed by atoms with van der Waals surface area (Å²) in [4.78, 5) is 22.9. The third-order valence-electron chi connectivity index (χ3n) is 3.24. The minimum atomic E-state index is -1.05. The van der Waals surface area contributed by atoms with E-state index in [1.165, 1.54) is 13.0 Å². The average molecular weight is 321 g/mol. The highest BCUT2D eigenvalue weighted by Gasteiger charge is 2.12. The predicted octanol–water partition coefficient (Wildman–Crippen LogP) is 3.31. The number of carbonyl (C=O) groups is 2. The Labute approximate surface area is 139 Å². The second kappa shape index (κ2) is 7.75. The third-order valence-corrected chi connectivity index (χ3v) is 3.24. The Morgan fingerprint density at radius 3 is 2.54 bits per heavy atom. The van der Waals surface area contributed by atoms with Crippen molar-refractivity contribution in [3.05, 3.63) is 71.3 Å². The van der Waals surface area contributed by atoms with Gasteiger partial charge in [0.1, 0.15) is 5.75 Å². The van der Waals surface area contributed by atoms with E-state index in [-0.39, 0.29) is 5.78 Å². The molecule has 0 saturated carbocycles. The predicted molar refractivity (Wildman–Crippen MR) is 88.7 cm³/mol. The molecule has 5 heteroatoms. The SMILES string of the molecule is C[C@@H](Oc1cccc(/C=C/C(=O)c2ccc(C#N)cc2)c1)C(=O)O. The maximum atomic E-state index is 12.1. The summed E-state index contributed by atoms with van der Waals surface area (Å²) in [7, 11) is 0. The van der Waals surface area contributed by atoms with E-state index in [2.05, 4.69) is 0 Å². The van der Waals surface area contributed by atoms with E-state index in [1.807, 2.05) is 6.07 Å². The average Bonchev–Trinajstić information content (AvgIpc) is 2.60. The lowest BCUT2D eigenvalue weighted by Gasteiger charge is -2.10. The summed E-state index contributed by atoms with van der Waals surface area (Å²) in [6.07, 6.45) is 2.09. The number of ether oxygens (including phenoxy) is 1. The number of carboxylic acids is 1. The fourth-order valence-electron chi connectivity index (χ4n) is 1.92. The fraction of sp³-hybridized carbons (Fsp3) is 0.105. The van der Waals surface area contributed by atoms with Crippen molar-refractivity contribution < 1.29 is 19.4 Å². The summed E-state index contributed by atoms with van der Waals surface area (Å²) in [6.45, 7) is 1.44. The maximum absolute atomic E-state index is 12.1. The Morgan fingerprint density at radius 1 is 1.21 bits per heavy atom. The first-order valence-electron chi connectivity index (χ1n) is 7.21. The van der Waals surface area contributed by atoms with E-state index in [0.717, 1.165) is 0 Å². The van der Waals surface area contributed by atoms with Crippen molar-refractivity contribution >= 4 is 17.8 Å². The zero-order valence-corrected chi connectivity index (χ0v) is 13.0. The Balaban J connectivity index is 2.09. The highest BCUT2D eigenvalue weighted by atomic mass is 16.5. The second-order valence-corrected chi connectivity index (χ2v) is 5.06. The van der Waals surface area contributed by atoms with E-state index in [4.69, 9.17) is 15.1 Å². The van der Waals surface area contributed by atoms with Crippen LogP contribution in [0.4, 0.5) is 0 Å². The van der Waals surface area contributed by atoms with Gasteiger partial charge in [-0.15, -0.1) is 0 Å². The minimum Gasteiger partial charge on any atom is -0.479 e. The molecule has 0 aliphatic rings. The van der Waals surface area contributed by atoms with Crippen LogP contribution in [-0.2, 0) is 4.79 Å². The fourth-order valence-corrected chi connectivity index (χ4v) is 1.92. The molecule has 0 aromatic heterocycles. The standard InChI is InChI=1S/C19H15NO4/c1-13(19(22)23)24-17-4-2-3-14(11-17)7-10-18(21)16-8-5-15(12-20)6-9-16/h2-11,13H,1H3,(H,22,23)/b10-7+/t13-/m1/s1. The van der Waals surface area contributed by atoms with Crippen molar-refractivity contribution in [2.45, 2.75) is 13.0 Å². The van der Waals surface area contributed by atoms with Gasteiger partial charge in [0, 0.05) is 5.56 Å². The molecule has 0 amide bonds. The second-order valence-electron chi connectivity index (χ2n) is 5.06. The number of hydrogen-bond acceptors (Lipinski definition) is 4. The zero-order chi connectivity index (χ0) is 17.5. The van der Waals surface area contributed by atoms with Gasteiger partial charge in [-0.2, -0.15) is 5.26 Å². The molecule has 2 aromatic carbocycles. The van der Waals surface area contributed by atoms with Gasteiger partial charge in [0.15, 0.2) is 11.9 Å². The van der Waals surface area contributed by atoms with E-state index < -0.39 is 12.1 Å². The maximum Gasteiger partial charge on any atom is 0.344 e. The Bertz CT molecular complexity index is 816. The Hall–Kier alpha value is -3.39. The first-order chi connectivity index (χ1) is 11.5. The van der Waals surface area contributed by atoms with Crippen molar-refractivity contribution in [2.24, 2.45) is 0 Å². The van der Waals surface area contributed by atoms with Crippen molar-refractivity contribution in [1.82, 2.24) is 0 Å². The van der Waals surface area contributed by atoms with Crippen LogP contribution in [0.1, 0.15) is 28.4 Å². The number of rotatable bonds is 6. The first kappa shape index (κ1) is 17.0. The molecule has 2 aromatic rings. The monoisotopic (exact) mass is 321 g/mol. The number of nitriles is 1. The van der Waals surface area contributed by atoms with E-state index >= 15 is 0 Å². The van der Waals surface area contributed by atoms with Crippen molar-refractivity contribution in [3.8, 4) is 11.8 Å². The van der Waals surface area contributed by atoms with Crippen LogP contribution in [0.2, 0.25) is 0 Å². The molecule has 1 N–H and O–H groups in total. The molecule has 5 nitrogen and oxygen atoms in total. The van der Waals surface area contributed by atoms with Crippen molar-refractivity contribution in [3.63, 3.8) is 0 Å². The molecule has 24 heavy (non-hydrogen) atoms. The zero-order valence-electron chi connectivity index (χ0n) is 13.0. The number of aliphatic carboxylic acids is 1. The molecule has 0 unspecified atom stereocenters. The molecule has 0 radical (unpaired) electrons. The van der Waals surface area contributed by atoms with E-state index in [1.54, 1.807) is 54.6 Å². The molecule has 0 bridgehead atoms. The summed E-state index contributed by atoms with van der Waals surface area (Å²) in [5, 5.41) is 17.6. The molecule has 120 valence electrons. The summed E-state index contributed by atoms with van der Waals surface area (Å²) >= 11 is 0. The van der Waals surface area contributed by atoms with Crippen LogP contribution < -0.4 is 4.74 Å². The number of hydrogen-bond donors (Lipinski definition) is 1. The highest BCUT2D eigenvalue weighted by Crippen LogP contribution is 2.16. The molecule has 0 aliphatic carbocycles. The van der Waals surface area contributed by atoms with Crippen molar-refractivity contribution in [2.75, 3.05) is 0 Å². The molecule has 1 atom stereocenters. The van der Waals surface area contributed by atoms with Gasteiger partial charge in [-0.3, -0.25) is 4.79 Å². The van der Waals surface area contributed by atoms with Gasteiger partial charge in [0.25, 0.3) is 0 Å². The van der Waals surface area contributed by atoms with Crippen LogP contribution in [0.3, 0.4) is 0 Å². The lowest BCUT2D eigenvalue weighted by Crippen LogP contribution is -2.22. The lowest BCUT2D eigenvalue weighted by molar-refractivity contribution is -0.144. The van der Waals surface area contributed by atoms with Gasteiger partial charge in [0.05, 0.1) is 11.6 Å². The number of allylic oxidation sites excluding steroid dienone is 1. The van der Waals surface area contributed by atoms with Gasteiger partial charge in [-0.25, -0.2) is 4.79 Å². The number of nitrogens with zero attached hydrogens (tertiary/aromatic N) is 1. The quantitative estimate of drug-likeness (QED) is 0.651. The molecule has 0 saturated heterocycles. The molecular formula is C19H15NO4. The molecular weight excluding hydrogens is 306 g/mol. The number of carbonyl (C=O) groups excluding carboxylic acids is 1. The van der Waals surface area contributed by atoms with E-state index in [9.17, 15) is 9.59 Å². The molecule has 0 aliphatic heterocycles. The molecule has 0 fully saturated rings. The third kappa shape index (κ3) is 4.55. The number of benzene rings is 2. The summed E-state index contributed by atoms with van der Waals surface area (Å²) in [5.74, 6) is -0.825. The topological polar surface area (TPSA) is 87.4 Å². The van der Waals surface area contributed by atoms with Gasteiger partial charge in [-0.05, 0) is 55.0 Å². The van der Waals surface area contributed by atoms with Crippen molar-refractivity contribution in [1.29, 1.82) is 5.26 Å². The van der Waals surface area contributed by atoms with Gasteiger partial charge >= 0.3 is 5.97 Å². The van der Waals surface area contributed by atoms with Crippen LogP contribution in [0.25, 0.3) is 6.08 Å². The summed E-state index contributed by atoms with van der Waals surface area (Å²) < 4.78 is 5.28. The first-order valence-corrected chi connectivity index (χ1v) is 7.21. The minimum absolute atomic E-state index is 0.190. The van der Waals surface area contributed by atoms with Gasteiger partial charge in [-0.1, -0.05) is 18.2 Å². The van der Waals surface area contributed by atoms with Crippen LogP contribution >= 0.6 is 0 Å². The van der Waals surface area contributed by atoms with Crippen LogP contribution in [0.15, 0.2) is 54.6 Å². The Kier molecular flexibility index (Phi) is 5.48. The van der Waals surface area contributed by atoms with Crippen LogP contribution in [0.5, 0.6) is 5.75 Å². The molecule has 0 spiro atoms. The summed E-state index contributed by atoms with van der Waals surface area (Å²) in [5.41, 5.74) is 1.69. The smallest absolute Gasteiger partial charge is 0.344 e. The highest BCUT2D eigenvalue weighted by molar-refractivity contribution is 6.06. The normalized spacial score (nSPS) is 11.7. The summed E-state index contributed by atoms with van der Waals surface area (Å²) in [6, 6.07) is 15.2. The largest absolute Gasteiger partial charge is 0.479 e. The van der Waals surface area contributed by atoms with Crippen LogP contribution in [-0.4, -0.2) is 23.0 Å². The van der Waals surface area contributed by atoms with E-state index in [0.29, 0.717) is 22.4 Å². The molecule has 2 rings (SSSR count). The number of ketones is 1. The van der Waals surface area contributed by atoms with Gasteiger partial charge in [0.2, 0.25) is 0 Å².